The number of imide groups is 1. The Balaban J connectivity index is 2.08. The molecule has 7 heteroatoms. The minimum absolute atomic E-state index is 0.445. The molecule has 2 rings (SSSR count). The molecular formula is C14H11N3O4. The second-order valence-corrected chi connectivity index (χ2v) is 4.00. The number of fused-ring (bicyclic) bond motifs is 1. The number of pyridine rings is 1. The van der Waals surface area contributed by atoms with Crippen LogP contribution in [0.5, 0.6) is 0 Å². The first kappa shape index (κ1) is 14.2. The molecule has 3 amide bonds. The van der Waals surface area contributed by atoms with Crippen molar-refractivity contribution in [2.45, 2.75) is 0 Å². The van der Waals surface area contributed by atoms with E-state index in [9.17, 15) is 14.4 Å². The number of amides is 3. The Morgan fingerprint density at radius 2 is 1.86 bits per heavy atom. The van der Waals surface area contributed by atoms with Crippen LogP contribution in [0.4, 0.5) is 10.5 Å². The zero-order valence-corrected chi connectivity index (χ0v) is 10.7. The Labute approximate surface area is 119 Å². The summed E-state index contributed by atoms with van der Waals surface area (Å²) in [6, 6.07) is 8.07. The first-order chi connectivity index (χ1) is 10.1. The van der Waals surface area contributed by atoms with Crippen molar-refractivity contribution in [3.05, 3.63) is 48.7 Å². The predicted molar refractivity (Wildman–Crippen MR) is 75.7 cm³/mol. The number of hydrogen-bond acceptors (Lipinski definition) is 4. The van der Waals surface area contributed by atoms with Crippen molar-refractivity contribution in [3.63, 3.8) is 0 Å². The summed E-state index contributed by atoms with van der Waals surface area (Å²) < 4.78 is 0. The molecule has 0 aliphatic rings. The number of nitrogens with one attached hydrogen (secondary N) is 2. The maximum atomic E-state index is 11.7. The highest BCUT2D eigenvalue weighted by Crippen LogP contribution is 2.20. The average molecular weight is 285 g/mol. The normalized spacial score (nSPS) is 10.5. The fourth-order valence-electron chi connectivity index (χ4n) is 1.66. The van der Waals surface area contributed by atoms with Gasteiger partial charge in [0.05, 0.1) is 11.2 Å². The number of urea groups is 1. The number of carboxylic acid groups (broad SMARTS) is 1. The molecule has 0 atom stereocenters. The minimum atomic E-state index is -1.27. The Bertz CT molecular complexity index is 735. The Kier molecular flexibility index (Phi) is 4.25. The fraction of sp³-hybridized carbons (Fsp3) is 0. The average Bonchev–Trinajstić information content (AvgIpc) is 2.45. The number of nitrogens with zero attached hydrogens (tertiary/aromatic N) is 1. The molecule has 3 N–H and O–H groups in total. The first-order valence-electron chi connectivity index (χ1n) is 5.93. The van der Waals surface area contributed by atoms with Crippen LogP contribution < -0.4 is 10.6 Å². The molecule has 0 bridgehead atoms. The van der Waals surface area contributed by atoms with Gasteiger partial charge >= 0.3 is 12.0 Å². The van der Waals surface area contributed by atoms with Crippen LogP contribution >= 0.6 is 0 Å². The van der Waals surface area contributed by atoms with E-state index in [1.54, 1.807) is 24.4 Å². The van der Waals surface area contributed by atoms with E-state index >= 15 is 0 Å². The van der Waals surface area contributed by atoms with E-state index in [4.69, 9.17) is 5.11 Å². The van der Waals surface area contributed by atoms with Gasteiger partial charge < -0.3 is 10.4 Å². The molecule has 1 heterocycles. The molecule has 1 aromatic heterocycles. The lowest BCUT2D eigenvalue weighted by atomic mass is 10.2. The van der Waals surface area contributed by atoms with Crippen molar-refractivity contribution >= 4 is 34.5 Å². The van der Waals surface area contributed by atoms with E-state index in [1.165, 1.54) is 0 Å². The smallest absolute Gasteiger partial charge is 0.328 e. The summed E-state index contributed by atoms with van der Waals surface area (Å²) in [7, 11) is 0. The predicted octanol–water partition coefficient (Wildman–Crippen LogP) is 1.52. The summed E-state index contributed by atoms with van der Waals surface area (Å²) in [6.07, 6.45) is 2.98. The second-order valence-electron chi connectivity index (χ2n) is 4.00. The third kappa shape index (κ3) is 3.87. The van der Waals surface area contributed by atoms with Gasteiger partial charge in [-0.05, 0) is 12.1 Å². The maximum Gasteiger partial charge on any atom is 0.328 e. The van der Waals surface area contributed by atoms with Gasteiger partial charge in [-0.3, -0.25) is 15.1 Å². The highest BCUT2D eigenvalue weighted by Gasteiger charge is 2.08. The number of anilines is 1. The molecule has 0 fully saturated rings. The zero-order chi connectivity index (χ0) is 15.2. The van der Waals surface area contributed by atoms with Crippen LogP contribution in [-0.4, -0.2) is 28.0 Å². The van der Waals surface area contributed by atoms with Crippen LogP contribution in [0.3, 0.4) is 0 Å². The molecule has 0 saturated carbocycles. The van der Waals surface area contributed by atoms with Gasteiger partial charge in [0.2, 0.25) is 0 Å². The van der Waals surface area contributed by atoms with Gasteiger partial charge in [-0.2, -0.15) is 0 Å². The van der Waals surface area contributed by atoms with E-state index in [2.05, 4.69) is 10.3 Å². The largest absolute Gasteiger partial charge is 0.478 e. The van der Waals surface area contributed by atoms with Crippen LogP contribution in [0.15, 0.2) is 48.7 Å². The van der Waals surface area contributed by atoms with Crippen LogP contribution in [0.2, 0.25) is 0 Å². The number of aliphatic carboxylic acids is 1. The van der Waals surface area contributed by atoms with Gasteiger partial charge in [-0.15, -0.1) is 0 Å². The monoisotopic (exact) mass is 285 g/mol. The Morgan fingerprint density at radius 1 is 1.10 bits per heavy atom. The third-order valence-corrected chi connectivity index (χ3v) is 2.49. The quantitative estimate of drug-likeness (QED) is 0.741. The van der Waals surface area contributed by atoms with Gasteiger partial charge in [0.25, 0.3) is 5.91 Å². The van der Waals surface area contributed by atoms with E-state index in [0.29, 0.717) is 17.3 Å². The highest BCUT2D eigenvalue weighted by molar-refractivity contribution is 6.08. The number of carbonyl (C=O) groups excluding carboxylic acids is 2. The molecule has 0 radical (unpaired) electrons. The summed E-state index contributed by atoms with van der Waals surface area (Å²) in [4.78, 5) is 37.3. The van der Waals surface area contributed by atoms with Gasteiger partial charge in [0.1, 0.15) is 0 Å². The molecule has 21 heavy (non-hydrogen) atoms. The number of para-hydroxylation sites is 1. The molecular weight excluding hydrogens is 274 g/mol. The Hall–Kier alpha value is -3.22. The van der Waals surface area contributed by atoms with Crippen molar-refractivity contribution in [1.29, 1.82) is 0 Å². The lowest BCUT2D eigenvalue weighted by Gasteiger charge is -2.07. The van der Waals surface area contributed by atoms with Crippen LogP contribution in [0, 0.1) is 0 Å². The minimum Gasteiger partial charge on any atom is -0.478 e. The van der Waals surface area contributed by atoms with Gasteiger partial charge in [-0.25, -0.2) is 9.59 Å². The third-order valence-electron chi connectivity index (χ3n) is 2.49. The summed E-state index contributed by atoms with van der Waals surface area (Å²) in [5, 5.41) is 13.7. The molecule has 0 aliphatic carbocycles. The molecule has 0 unspecified atom stereocenters. The van der Waals surface area contributed by atoms with Crippen LogP contribution in [0.1, 0.15) is 0 Å². The Morgan fingerprint density at radius 3 is 2.62 bits per heavy atom. The zero-order valence-electron chi connectivity index (χ0n) is 10.7. The standard InChI is InChI=1S/C14H11N3O4/c18-11(6-7-12(19)20)17-14(21)16-10-5-1-3-9-4-2-8-15-13(9)10/h1-8H,(H,19,20)(H2,16,17,18,21)/b7-6+. The molecule has 2 aromatic rings. The van der Waals surface area contributed by atoms with Crippen molar-refractivity contribution in [1.82, 2.24) is 10.3 Å². The van der Waals surface area contributed by atoms with Crippen LogP contribution in [-0.2, 0) is 9.59 Å². The second kappa shape index (κ2) is 6.29. The summed E-state index contributed by atoms with van der Waals surface area (Å²) >= 11 is 0. The number of aromatic nitrogens is 1. The van der Waals surface area contributed by atoms with Crippen molar-refractivity contribution in [2.24, 2.45) is 0 Å². The number of rotatable bonds is 3. The van der Waals surface area contributed by atoms with Gasteiger partial charge in [0.15, 0.2) is 0 Å². The van der Waals surface area contributed by atoms with Crippen molar-refractivity contribution in [3.8, 4) is 0 Å². The van der Waals surface area contributed by atoms with Gasteiger partial charge in [-0.1, -0.05) is 18.2 Å². The van der Waals surface area contributed by atoms with Gasteiger partial charge in [0, 0.05) is 23.7 Å². The molecule has 0 aliphatic heterocycles. The van der Waals surface area contributed by atoms with E-state index in [0.717, 1.165) is 11.5 Å². The highest BCUT2D eigenvalue weighted by atomic mass is 16.4. The van der Waals surface area contributed by atoms with E-state index in [-0.39, 0.29) is 0 Å². The number of benzene rings is 1. The molecule has 0 spiro atoms. The molecule has 1 aromatic carbocycles. The van der Waals surface area contributed by atoms with Crippen molar-refractivity contribution < 1.29 is 19.5 Å². The first-order valence-corrected chi connectivity index (χ1v) is 5.93. The summed E-state index contributed by atoms with van der Waals surface area (Å²) in [5.41, 5.74) is 1.03. The summed E-state index contributed by atoms with van der Waals surface area (Å²) in [6.45, 7) is 0. The lowest BCUT2D eigenvalue weighted by molar-refractivity contribution is -0.131. The molecule has 106 valence electrons. The van der Waals surface area contributed by atoms with E-state index < -0.39 is 17.9 Å². The fourth-order valence-corrected chi connectivity index (χ4v) is 1.66. The molecule has 7 nitrogen and oxygen atoms in total. The lowest BCUT2D eigenvalue weighted by Crippen LogP contribution is -2.33. The van der Waals surface area contributed by atoms with Crippen molar-refractivity contribution in [2.75, 3.05) is 5.32 Å². The SMILES string of the molecule is O=C(O)/C=C/C(=O)NC(=O)Nc1cccc2cccnc12. The van der Waals surface area contributed by atoms with E-state index in [1.807, 2.05) is 17.4 Å². The molecule has 0 saturated heterocycles. The maximum absolute atomic E-state index is 11.7. The topological polar surface area (TPSA) is 108 Å². The number of carboxylic acids is 1. The van der Waals surface area contributed by atoms with Crippen LogP contribution in [0.25, 0.3) is 10.9 Å². The summed E-state index contributed by atoms with van der Waals surface area (Å²) in [5.74, 6) is -2.10. The number of carbonyl (C=O) groups is 3. The number of hydrogen-bond donors (Lipinski definition) is 3.